The van der Waals surface area contributed by atoms with Gasteiger partial charge in [0.25, 0.3) is 0 Å². The molecule has 0 amide bonds. The molecule has 1 N–H and O–H groups in total. The van der Waals surface area contributed by atoms with Gasteiger partial charge >= 0.3 is 5.97 Å². The van der Waals surface area contributed by atoms with E-state index in [0.29, 0.717) is 12.3 Å². The average molecular weight is 226 g/mol. The van der Waals surface area contributed by atoms with Crippen LogP contribution in [0.3, 0.4) is 0 Å². The number of aliphatic carboxylic acids is 1. The first kappa shape index (κ1) is 13.5. The molecule has 1 aliphatic rings. The highest BCUT2D eigenvalue weighted by Gasteiger charge is 2.22. The first-order chi connectivity index (χ1) is 7.58. The van der Waals surface area contributed by atoms with E-state index in [2.05, 4.69) is 13.8 Å². The van der Waals surface area contributed by atoms with Crippen LogP contribution in [-0.4, -0.2) is 11.1 Å². The van der Waals surface area contributed by atoms with Gasteiger partial charge in [0.1, 0.15) is 0 Å². The van der Waals surface area contributed by atoms with Gasteiger partial charge in [0.05, 0.1) is 0 Å². The third-order valence-electron chi connectivity index (χ3n) is 3.82. The Balaban J connectivity index is 2.10. The summed E-state index contributed by atoms with van der Waals surface area (Å²) in [7, 11) is 0. The highest BCUT2D eigenvalue weighted by Crippen LogP contribution is 2.33. The Bertz CT molecular complexity index is 203. The molecular formula is C14H26O2. The highest BCUT2D eigenvalue weighted by atomic mass is 16.4. The quantitative estimate of drug-likeness (QED) is 0.740. The largest absolute Gasteiger partial charge is 0.481 e. The summed E-state index contributed by atoms with van der Waals surface area (Å²) in [5, 5.41) is 8.73. The van der Waals surface area contributed by atoms with Crippen LogP contribution in [0.4, 0.5) is 0 Å². The Labute approximate surface area is 99.4 Å². The summed E-state index contributed by atoms with van der Waals surface area (Å²) < 4.78 is 0. The van der Waals surface area contributed by atoms with Crippen LogP contribution in [-0.2, 0) is 4.79 Å². The van der Waals surface area contributed by atoms with E-state index in [0.717, 1.165) is 24.7 Å². The van der Waals surface area contributed by atoms with Crippen molar-refractivity contribution in [3.8, 4) is 0 Å². The number of carbonyl (C=O) groups is 1. The van der Waals surface area contributed by atoms with Gasteiger partial charge in [0.2, 0.25) is 0 Å². The zero-order valence-electron chi connectivity index (χ0n) is 10.7. The molecule has 0 heterocycles. The van der Waals surface area contributed by atoms with Crippen molar-refractivity contribution >= 4 is 5.97 Å². The molecule has 16 heavy (non-hydrogen) atoms. The van der Waals surface area contributed by atoms with Crippen molar-refractivity contribution in [3.05, 3.63) is 0 Å². The third-order valence-corrected chi connectivity index (χ3v) is 3.82. The average Bonchev–Trinajstić information content (AvgIpc) is 2.19. The van der Waals surface area contributed by atoms with Gasteiger partial charge in [-0.25, -0.2) is 0 Å². The molecule has 1 saturated carbocycles. The molecule has 0 aromatic rings. The Morgan fingerprint density at radius 2 is 1.75 bits per heavy atom. The van der Waals surface area contributed by atoms with E-state index < -0.39 is 5.97 Å². The second-order valence-electron chi connectivity index (χ2n) is 5.81. The maximum absolute atomic E-state index is 10.6. The molecule has 0 aromatic heterocycles. The first-order valence-corrected chi connectivity index (χ1v) is 6.79. The number of rotatable bonds is 6. The first-order valence-electron chi connectivity index (χ1n) is 6.79. The molecule has 0 spiro atoms. The fourth-order valence-electron chi connectivity index (χ4n) is 2.79. The molecule has 0 atom stereocenters. The zero-order chi connectivity index (χ0) is 12.0. The van der Waals surface area contributed by atoms with Gasteiger partial charge in [0.15, 0.2) is 0 Å². The smallest absolute Gasteiger partial charge is 0.303 e. The summed E-state index contributed by atoms with van der Waals surface area (Å²) in [6.07, 6.45) is 9.24. The lowest BCUT2D eigenvalue weighted by molar-refractivity contribution is -0.138. The van der Waals surface area contributed by atoms with Crippen molar-refractivity contribution in [1.29, 1.82) is 0 Å². The van der Waals surface area contributed by atoms with Gasteiger partial charge in [0, 0.05) is 6.42 Å². The molecule has 0 saturated heterocycles. The van der Waals surface area contributed by atoms with Crippen molar-refractivity contribution in [3.63, 3.8) is 0 Å². The van der Waals surface area contributed by atoms with Crippen LogP contribution in [0.2, 0.25) is 0 Å². The van der Waals surface area contributed by atoms with Crippen LogP contribution in [0.1, 0.15) is 65.2 Å². The van der Waals surface area contributed by atoms with Gasteiger partial charge in [-0.3, -0.25) is 4.79 Å². The molecule has 94 valence electrons. The lowest BCUT2D eigenvalue weighted by Crippen LogP contribution is -2.17. The van der Waals surface area contributed by atoms with Crippen molar-refractivity contribution in [2.75, 3.05) is 0 Å². The lowest BCUT2D eigenvalue weighted by atomic mass is 9.78. The maximum Gasteiger partial charge on any atom is 0.303 e. The van der Waals surface area contributed by atoms with E-state index in [9.17, 15) is 4.79 Å². The summed E-state index contributed by atoms with van der Waals surface area (Å²) >= 11 is 0. The third kappa shape index (κ3) is 5.53. The summed E-state index contributed by atoms with van der Waals surface area (Å²) in [6, 6.07) is 0. The van der Waals surface area contributed by atoms with Gasteiger partial charge < -0.3 is 5.11 Å². The van der Waals surface area contributed by atoms with Gasteiger partial charge in [-0.1, -0.05) is 46.0 Å². The normalized spacial score (nSPS) is 25.9. The fourth-order valence-corrected chi connectivity index (χ4v) is 2.79. The second-order valence-corrected chi connectivity index (χ2v) is 5.81. The zero-order valence-corrected chi connectivity index (χ0v) is 10.7. The predicted octanol–water partition coefficient (Wildman–Crippen LogP) is 4.09. The Morgan fingerprint density at radius 3 is 2.25 bits per heavy atom. The van der Waals surface area contributed by atoms with Crippen LogP contribution >= 0.6 is 0 Å². The highest BCUT2D eigenvalue weighted by molar-refractivity contribution is 5.67. The van der Waals surface area contributed by atoms with Crippen LogP contribution in [0, 0.1) is 17.8 Å². The van der Waals surface area contributed by atoms with E-state index in [1.54, 1.807) is 0 Å². The molecule has 2 heteroatoms. The van der Waals surface area contributed by atoms with Crippen LogP contribution in [0.5, 0.6) is 0 Å². The van der Waals surface area contributed by atoms with Crippen molar-refractivity contribution < 1.29 is 9.90 Å². The molecule has 1 fully saturated rings. The number of hydrogen-bond donors (Lipinski definition) is 1. The number of carboxylic acid groups (broad SMARTS) is 1. The molecule has 2 nitrogen and oxygen atoms in total. The SMILES string of the molecule is CC(C)CCC[C@H]1CC[C@@H](CC(=O)O)CC1. The van der Waals surface area contributed by atoms with Crippen LogP contribution in [0.15, 0.2) is 0 Å². The van der Waals surface area contributed by atoms with Crippen molar-refractivity contribution in [2.45, 2.75) is 65.2 Å². The molecule has 0 aromatic carbocycles. The van der Waals surface area contributed by atoms with E-state index in [4.69, 9.17) is 5.11 Å². The van der Waals surface area contributed by atoms with Gasteiger partial charge in [-0.2, -0.15) is 0 Å². The minimum atomic E-state index is -0.622. The second kappa shape index (κ2) is 6.93. The van der Waals surface area contributed by atoms with E-state index >= 15 is 0 Å². The molecular weight excluding hydrogens is 200 g/mol. The molecule has 0 radical (unpaired) electrons. The summed E-state index contributed by atoms with van der Waals surface area (Å²) in [5.74, 6) is 1.54. The monoisotopic (exact) mass is 226 g/mol. The fraction of sp³-hybridized carbons (Fsp3) is 0.929. The minimum absolute atomic E-state index is 0.388. The topological polar surface area (TPSA) is 37.3 Å². The minimum Gasteiger partial charge on any atom is -0.481 e. The van der Waals surface area contributed by atoms with Crippen molar-refractivity contribution in [1.82, 2.24) is 0 Å². The van der Waals surface area contributed by atoms with Crippen LogP contribution < -0.4 is 0 Å². The van der Waals surface area contributed by atoms with Gasteiger partial charge in [-0.15, -0.1) is 0 Å². The Morgan fingerprint density at radius 1 is 1.19 bits per heavy atom. The molecule has 0 bridgehead atoms. The molecule has 1 rings (SSSR count). The number of hydrogen-bond acceptors (Lipinski definition) is 1. The van der Waals surface area contributed by atoms with E-state index in [1.165, 1.54) is 32.1 Å². The Kier molecular flexibility index (Phi) is 5.86. The predicted molar refractivity (Wildman–Crippen MR) is 66.4 cm³/mol. The van der Waals surface area contributed by atoms with Crippen LogP contribution in [0.25, 0.3) is 0 Å². The van der Waals surface area contributed by atoms with Gasteiger partial charge in [-0.05, 0) is 30.6 Å². The number of carboxylic acids is 1. The summed E-state index contributed by atoms with van der Waals surface area (Å²) in [4.78, 5) is 10.6. The molecule has 0 aliphatic heterocycles. The Hall–Kier alpha value is -0.530. The van der Waals surface area contributed by atoms with E-state index in [1.807, 2.05) is 0 Å². The van der Waals surface area contributed by atoms with Crippen molar-refractivity contribution in [2.24, 2.45) is 17.8 Å². The molecule has 0 unspecified atom stereocenters. The lowest BCUT2D eigenvalue weighted by Gasteiger charge is -2.27. The molecule has 1 aliphatic carbocycles. The summed E-state index contributed by atoms with van der Waals surface area (Å²) in [5.41, 5.74) is 0. The standard InChI is InChI=1S/C14H26O2/c1-11(2)4-3-5-12-6-8-13(9-7-12)10-14(15)16/h11-13H,3-10H2,1-2H3,(H,15,16)/t12-,13+. The summed E-state index contributed by atoms with van der Waals surface area (Å²) in [6.45, 7) is 4.56. The maximum atomic E-state index is 10.6. The van der Waals surface area contributed by atoms with E-state index in [-0.39, 0.29) is 0 Å².